The second-order valence-corrected chi connectivity index (χ2v) is 8.87. The molecule has 0 saturated carbocycles. The van der Waals surface area contributed by atoms with Gasteiger partial charge in [0.2, 0.25) is 0 Å². The quantitative estimate of drug-likeness (QED) is 0.410. The Labute approximate surface area is 207 Å². The fourth-order valence-corrected chi connectivity index (χ4v) is 4.62. The van der Waals surface area contributed by atoms with Crippen LogP contribution in [0.1, 0.15) is 33.5 Å². The van der Waals surface area contributed by atoms with Gasteiger partial charge in [-0.3, -0.25) is 19.0 Å². The highest BCUT2D eigenvalue weighted by Gasteiger charge is 2.24. The zero-order valence-corrected chi connectivity index (χ0v) is 20.1. The van der Waals surface area contributed by atoms with Gasteiger partial charge < -0.3 is 9.80 Å². The molecule has 3 aromatic carbocycles. The number of ketones is 1. The molecule has 5 rings (SSSR count). The zero-order valence-electron chi connectivity index (χ0n) is 20.1. The summed E-state index contributed by atoms with van der Waals surface area (Å²) in [5, 5.41) is 0.536. The van der Waals surface area contributed by atoms with Gasteiger partial charge in [-0.2, -0.15) is 0 Å². The topological polar surface area (TPSA) is 75.5 Å². The Morgan fingerprint density at radius 1 is 0.889 bits per heavy atom. The molecular weight excluding hydrogens is 459 g/mol. The Morgan fingerprint density at radius 3 is 2.22 bits per heavy atom. The monoisotopic (exact) mass is 484 g/mol. The van der Waals surface area contributed by atoms with Crippen LogP contribution in [0.4, 0.5) is 10.1 Å². The van der Waals surface area contributed by atoms with Crippen molar-refractivity contribution in [1.29, 1.82) is 0 Å². The maximum atomic E-state index is 14.5. The third kappa shape index (κ3) is 4.26. The molecule has 1 aliphatic heterocycles. The van der Waals surface area contributed by atoms with E-state index in [1.54, 1.807) is 58.9 Å². The predicted molar refractivity (Wildman–Crippen MR) is 137 cm³/mol. The number of piperazine rings is 1. The molecule has 1 amide bonds. The number of nitrogens with zero attached hydrogens (tertiary/aromatic N) is 4. The number of amides is 1. The summed E-state index contributed by atoms with van der Waals surface area (Å²) >= 11 is 0. The van der Waals surface area contributed by atoms with Gasteiger partial charge in [-0.25, -0.2) is 9.37 Å². The summed E-state index contributed by atoms with van der Waals surface area (Å²) in [6.07, 6.45) is 0. The van der Waals surface area contributed by atoms with E-state index in [1.807, 2.05) is 23.1 Å². The predicted octanol–water partition coefficient (Wildman–Crippen LogP) is 4.00. The number of benzene rings is 3. The van der Waals surface area contributed by atoms with Gasteiger partial charge in [0, 0.05) is 37.3 Å². The molecule has 2 heterocycles. The zero-order chi connectivity index (χ0) is 25.4. The minimum Gasteiger partial charge on any atom is -0.366 e. The van der Waals surface area contributed by atoms with E-state index in [0.29, 0.717) is 65.4 Å². The van der Waals surface area contributed by atoms with Gasteiger partial charge in [0.25, 0.3) is 11.5 Å². The van der Waals surface area contributed by atoms with Crippen molar-refractivity contribution in [3.8, 4) is 5.69 Å². The minimum atomic E-state index is -0.438. The normalized spacial score (nSPS) is 13.8. The van der Waals surface area contributed by atoms with Crippen LogP contribution < -0.4 is 10.5 Å². The van der Waals surface area contributed by atoms with Gasteiger partial charge in [0.05, 0.1) is 22.3 Å². The smallest absolute Gasteiger partial charge is 0.265 e. The van der Waals surface area contributed by atoms with E-state index in [4.69, 9.17) is 0 Å². The molecule has 0 unspecified atom stereocenters. The van der Waals surface area contributed by atoms with Crippen molar-refractivity contribution in [2.75, 3.05) is 31.1 Å². The number of aromatic nitrogens is 2. The first-order chi connectivity index (χ1) is 17.3. The maximum Gasteiger partial charge on any atom is 0.265 e. The van der Waals surface area contributed by atoms with E-state index in [0.717, 1.165) is 0 Å². The van der Waals surface area contributed by atoms with E-state index in [-0.39, 0.29) is 17.2 Å². The summed E-state index contributed by atoms with van der Waals surface area (Å²) in [4.78, 5) is 45.8. The highest BCUT2D eigenvalue weighted by molar-refractivity contribution is 5.95. The molecule has 4 aromatic rings. The van der Waals surface area contributed by atoms with Gasteiger partial charge in [0.15, 0.2) is 5.78 Å². The van der Waals surface area contributed by atoms with Crippen LogP contribution in [0.5, 0.6) is 0 Å². The lowest BCUT2D eigenvalue weighted by atomic mass is 10.1. The van der Waals surface area contributed by atoms with Crippen LogP contribution in [0.25, 0.3) is 16.6 Å². The summed E-state index contributed by atoms with van der Waals surface area (Å²) in [6.45, 7) is 5.05. The van der Waals surface area contributed by atoms with Crippen molar-refractivity contribution in [2.24, 2.45) is 0 Å². The number of carbonyl (C=O) groups excluding carboxylic acids is 2. The van der Waals surface area contributed by atoms with E-state index in [1.165, 1.54) is 13.0 Å². The Morgan fingerprint density at radius 2 is 1.56 bits per heavy atom. The summed E-state index contributed by atoms with van der Waals surface area (Å²) in [7, 11) is 0. The maximum absolute atomic E-state index is 14.5. The number of hydrogen-bond acceptors (Lipinski definition) is 5. The lowest BCUT2D eigenvalue weighted by Gasteiger charge is -2.36. The molecule has 36 heavy (non-hydrogen) atoms. The molecule has 0 bridgehead atoms. The van der Waals surface area contributed by atoms with Gasteiger partial charge in [-0.15, -0.1) is 0 Å². The molecule has 0 spiro atoms. The largest absolute Gasteiger partial charge is 0.366 e. The molecule has 1 aliphatic rings. The molecular formula is C28H25FN4O3. The number of hydrogen-bond donors (Lipinski definition) is 0. The summed E-state index contributed by atoms with van der Waals surface area (Å²) < 4.78 is 16.1. The summed E-state index contributed by atoms with van der Waals surface area (Å²) in [5.74, 6) is -0.169. The Bertz CT molecular complexity index is 1540. The third-order valence-electron chi connectivity index (χ3n) is 6.58. The molecule has 1 fully saturated rings. The highest BCUT2D eigenvalue weighted by atomic mass is 19.1. The molecule has 0 atom stereocenters. The summed E-state index contributed by atoms with van der Waals surface area (Å²) in [6, 6.07) is 18.6. The lowest BCUT2D eigenvalue weighted by molar-refractivity contribution is 0.0746. The first-order valence-electron chi connectivity index (χ1n) is 11.8. The van der Waals surface area contributed by atoms with Crippen LogP contribution in [-0.2, 0) is 0 Å². The first kappa shape index (κ1) is 23.4. The number of rotatable bonds is 4. The van der Waals surface area contributed by atoms with Crippen LogP contribution in [0.15, 0.2) is 71.5 Å². The van der Waals surface area contributed by atoms with Gasteiger partial charge in [-0.1, -0.05) is 12.1 Å². The van der Waals surface area contributed by atoms with Crippen molar-refractivity contribution in [1.82, 2.24) is 14.5 Å². The van der Waals surface area contributed by atoms with Crippen LogP contribution in [0.3, 0.4) is 0 Å². The first-order valence-corrected chi connectivity index (χ1v) is 11.8. The molecule has 7 nitrogen and oxygen atoms in total. The van der Waals surface area contributed by atoms with Crippen molar-refractivity contribution >= 4 is 28.3 Å². The SMILES string of the molecule is CC(=O)c1ccc(N2CCN(C(=O)c3ccc(-n4c(C)nc5ccccc5c4=O)cc3)CC2)c(F)c1. The number of fused-ring (bicyclic) bond motifs is 1. The number of Topliss-reactive ketones (excluding diaryl/α,β-unsaturated/α-hetero) is 1. The fraction of sp³-hybridized carbons (Fsp3) is 0.214. The Kier molecular flexibility index (Phi) is 6.10. The second-order valence-electron chi connectivity index (χ2n) is 8.87. The summed E-state index contributed by atoms with van der Waals surface area (Å²) in [5.41, 5.74) is 2.42. The molecule has 0 N–H and O–H groups in total. The van der Waals surface area contributed by atoms with Crippen molar-refractivity contribution in [3.63, 3.8) is 0 Å². The molecule has 8 heteroatoms. The average molecular weight is 485 g/mol. The standard InChI is InChI=1S/C28H25FN4O3/c1-18(34)21-9-12-26(24(29)17-21)31-13-15-32(16-14-31)27(35)20-7-10-22(11-8-20)33-19(2)30-25-6-4-3-5-23(25)28(33)36/h3-12,17H,13-16H2,1-2H3. The molecule has 0 aliphatic carbocycles. The van der Waals surface area contributed by atoms with Crippen LogP contribution in [0.2, 0.25) is 0 Å². The highest BCUT2D eigenvalue weighted by Crippen LogP contribution is 2.23. The fourth-order valence-electron chi connectivity index (χ4n) is 4.62. The Balaban J connectivity index is 1.30. The third-order valence-corrected chi connectivity index (χ3v) is 6.58. The second kappa shape index (κ2) is 9.37. The van der Waals surface area contributed by atoms with Crippen molar-refractivity contribution < 1.29 is 14.0 Å². The molecule has 182 valence electrons. The average Bonchev–Trinajstić information content (AvgIpc) is 2.89. The molecule has 1 aromatic heterocycles. The van der Waals surface area contributed by atoms with Gasteiger partial charge >= 0.3 is 0 Å². The molecule has 0 radical (unpaired) electrons. The van der Waals surface area contributed by atoms with E-state index < -0.39 is 5.82 Å². The van der Waals surface area contributed by atoms with E-state index in [9.17, 15) is 18.8 Å². The van der Waals surface area contributed by atoms with Crippen molar-refractivity contribution in [3.05, 3.63) is 99.9 Å². The van der Waals surface area contributed by atoms with Crippen molar-refractivity contribution in [2.45, 2.75) is 13.8 Å². The number of halogens is 1. The molecule has 1 saturated heterocycles. The number of aryl methyl sites for hydroxylation is 1. The number of para-hydroxylation sites is 1. The van der Waals surface area contributed by atoms with Gasteiger partial charge in [0.1, 0.15) is 11.6 Å². The van der Waals surface area contributed by atoms with Crippen LogP contribution >= 0.6 is 0 Å². The van der Waals surface area contributed by atoms with Crippen LogP contribution in [-0.4, -0.2) is 52.3 Å². The van der Waals surface area contributed by atoms with Gasteiger partial charge in [-0.05, 0) is 68.4 Å². The van der Waals surface area contributed by atoms with Crippen LogP contribution in [0, 0.1) is 12.7 Å². The minimum absolute atomic E-state index is 0.116. The lowest BCUT2D eigenvalue weighted by Crippen LogP contribution is -2.49. The van der Waals surface area contributed by atoms with E-state index >= 15 is 0 Å². The number of carbonyl (C=O) groups is 2. The number of anilines is 1. The Hall–Kier alpha value is -4.33. The van der Waals surface area contributed by atoms with E-state index in [2.05, 4.69) is 4.98 Å².